The molecule has 0 N–H and O–H groups in total. The molecule has 0 unspecified atom stereocenters. The Hall–Kier alpha value is -4.18. The lowest BCUT2D eigenvalue weighted by molar-refractivity contribution is 0.0521. The van der Waals surface area contributed by atoms with Crippen molar-refractivity contribution in [2.75, 3.05) is 13.2 Å². The second-order valence-electron chi connectivity index (χ2n) is 8.36. The Morgan fingerprint density at radius 1 is 1.22 bits per heavy atom. The maximum absolute atomic E-state index is 13.8. The smallest absolute Gasteiger partial charge is 0.341 e. The van der Waals surface area contributed by atoms with Crippen LogP contribution < -0.4 is 11.0 Å². The van der Waals surface area contributed by atoms with Gasteiger partial charge >= 0.3 is 5.97 Å². The molecule has 1 atom stereocenters. The average molecular weight is 490 g/mol. The average Bonchev–Trinajstić information content (AvgIpc) is 3.39. The zero-order valence-corrected chi connectivity index (χ0v) is 19.5. The van der Waals surface area contributed by atoms with E-state index in [-0.39, 0.29) is 52.5 Å². The summed E-state index contributed by atoms with van der Waals surface area (Å²) in [5.41, 5.74) is 0.174. The highest BCUT2D eigenvalue weighted by Crippen LogP contribution is 2.17. The molecule has 0 bridgehead atoms. The van der Waals surface area contributed by atoms with Crippen molar-refractivity contribution in [1.29, 1.82) is 0 Å². The SMILES string of the molecule is CCOC(=O)c1cc2c(=O)n3ccccc3nc2n(C[C@@H]2CCCO2)c1=NC(=O)c1cccc(F)c1. The fourth-order valence-electron chi connectivity index (χ4n) is 4.30. The molecule has 4 heterocycles. The summed E-state index contributed by atoms with van der Waals surface area (Å²) >= 11 is 0. The fraction of sp³-hybridized carbons (Fsp3) is 0.269. The molecule has 4 aromatic rings. The topological polar surface area (TPSA) is 104 Å². The van der Waals surface area contributed by atoms with Gasteiger partial charge in [-0.3, -0.25) is 14.0 Å². The highest BCUT2D eigenvalue weighted by molar-refractivity contribution is 5.97. The number of halogens is 1. The number of aromatic nitrogens is 3. The van der Waals surface area contributed by atoms with E-state index < -0.39 is 17.7 Å². The predicted molar refractivity (Wildman–Crippen MR) is 128 cm³/mol. The molecule has 9 nitrogen and oxygen atoms in total. The van der Waals surface area contributed by atoms with Gasteiger partial charge in [-0.15, -0.1) is 0 Å². The van der Waals surface area contributed by atoms with Crippen LogP contribution in [0.25, 0.3) is 16.7 Å². The number of pyridine rings is 2. The number of ether oxygens (including phenoxy) is 2. The second-order valence-corrected chi connectivity index (χ2v) is 8.36. The minimum Gasteiger partial charge on any atom is -0.462 e. The van der Waals surface area contributed by atoms with Gasteiger partial charge in [0.1, 0.15) is 22.7 Å². The maximum atomic E-state index is 13.8. The number of amides is 1. The van der Waals surface area contributed by atoms with Gasteiger partial charge in [-0.1, -0.05) is 12.1 Å². The fourth-order valence-corrected chi connectivity index (χ4v) is 4.30. The van der Waals surface area contributed by atoms with Crippen LogP contribution in [0, 0.1) is 5.82 Å². The lowest BCUT2D eigenvalue weighted by atomic mass is 10.1. The van der Waals surface area contributed by atoms with Crippen LogP contribution in [-0.2, 0) is 16.0 Å². The standard InChI is InChI=1S/C26H23FN4O5/c1-2-35-26(34)20-14-19-22(28-21-10-3-4-11-30(21)25(19)33)31(15-18-9-6-12-36-18)23(20)29-24(32)16-7-5-8-17(27)13-16/h3-5,7-8,10-11,13-14,18H,2,6,9,12,15H2,1H3/t18-/m0/s1. The molecule has 1 aliphatic rings. The quantitative estimate of drug-likeness (QED) is 0.315. The number of esters is 1. The Morgan fingerprint density at radius 3 is 2.83 bits per heavy atom. The number of hydrogen-bond acceptors (Lipinski definition) is 6. The van der Waals surface area contributed by atoms with E-state index in [2.05, 4.69) is 9.98 Å². The molecule has 0 aliphatic carbocycles. The summed E-state index contributed by atoms with van der Waals surface area (Å²) in [5, 5.41) is 0.164. The van der Waals surface area contributed by atoms with E-state index in [1.165, 1.54) is 28.7 Å². The number of benzene rings is 1. The van der Waals surface area contributed by atoms with Crippen LogP contribution in [0.4, 0.5) is 4.39 Å². The Kier molecular flexibility index (Phi) is 6.43. The monoisotopic (exact) mass is 490 g/mol. The summed E-state index contributed by atoms with van der Waals surface area (Å²) < 4.78 is 27.8. The zero-order chi connectivity index (χ0) is 25.2. The van der Waals surface area contributed by atoms with E-state index in [1.807, 2.05) is 0 Å². The lowest BCUT2D eigenvalue weighted by Crippen LogP contribution is -2.35. The third kappa shape index (κ3) is 4.42. The number of hydrogen-bond donors (Lipinski definition) is 0. The Labute approximate surface area is 204 Å². The van der Waals surface area contributed by atoms with Crippen LogP contribution in [0.5, 0.6) is 0 Å². The van der Waals surface area contributed by atoms with E-state index in [4.69, 9.17) is 9.47 Å². The van der Waals surface area contributed by atoms with Crippen molar-refractivity contribution in [2.24, 2.45) is 4.99 Å². The highest BCUT2D eigenvalue weighted by Gasteiger charge is 2.24. The Morgan fingerprint density at radius 2 is 2.08 bits per heavy atom. The molecule has 0 spiro atoms. The van der Waals surface area contributed by atoms with Crippen LogP contribution >= 0.6 is 0 Å². The number of nitrogens with zero attached hydrogens (tertiary/aromatic N) is 4. The van der Waals surface area contributed by atoms with Crippen LogP contribution in [0.2, 0.25) is 0 Å². The van der Waals surface area contributed by atoms with Crippen molar-refractivity contribution in [3.8, 4) is 0 Å². The molecule has 1 aromatic carbocycles. The third-order valence-electron chi connectivity index (χ3n) is 5.97. The van der Waals surface area contributed by atoms with Gasteiger partial charge < -0.3 is 14.0 Å². The van der Waals surface area contributed by atoms with Gasteiger partial charge in [0, 0.05) is 18.4 Å². The normalized spacial score (nSPS) is 16.1. The molecule has 184 valence electrons. The number of carbonyl (C=O) groups excluding carboxylic acids is 2. The first-order valence-electron chi connectivity index (χ1n) is 11.6. The van der Waals surface area contributed by atoms with Gasteiger partial charge in [-0.25, -0.2) is 14.2 Å². The lowest BCUT2D eigenvalue weighted by Gasteiger charge is -2.18. The van der Waals surface area contributed by atoms with Gasteiger partial charge in [-0.2, -0.15) is 4.99 Å². The summed E-state index contributed by atoms with van der Waals surface area (Å²) in [7, 11) is 0. The first-order valence-corrected chi connectivity index (χ1v) is 11.6. The van der Waals surface area contributed by atoms with Gasteiger partial charge in [0.05, 0.1) is 24.6 Å². The van der Waals surface area contributed by atoms with Crippen molar-refractivity contribution in [1.82, 2.24) is 14.0 Å². The number of carbonyl (C=O) groups is 2. The highest BCUT2D eigenvalue weighted by atomic mass is 19.1. The molecule has 10 heteroatoms. The zero-order valence-electron chi connectivity index (χ0n) is 19.5. The van der Waals surface area contributed by atoms with Crippen LogP contribution in [0.15, 0.2) is 64.5 Å². The molecule has 0 saturated carbocycles. The largest absolute Gasteiger partial charge is 0.462 e. The molecule has 1 aliphatic heterocycles. The molecular weight excluding hydrogens is 467 g/mol. The first-order chi connectivity index (χ1) is 17.5. The summed E-state index contributed by atoms with van der Waals surface area (Å²) in [5.74, 6) is -2.09. The van der Waals surface area contributed by atoms with Crippen LogP contribution in [0.3, 0.4) is 0 Å². The van der Waals surface area contributed by atoms with E-state index in [0.717, 1.165) is 18.9 Å². The minimum absolute atomic E-state index is 0.0140. The van der Waals surface area contributed by atoms with Gasteiger partial charge in [0.2, 0.25) is 0 Å². The minimum atomic E-state index is -0.752. The summed E-state index contributed by atoms with van der Waals surface area (Å²) in [6, 6.07) is 11.6. The summed E-state index contributed by atoms with van der Waals surface area (Å²) in [6.07, 6.45) is 2.96. The molecule has 1 saturated heterocycles. The van der Waals surface area contributed by atoms with E-state index in [1.54, 1.807) is 35.9 Å². The molecule has 5 rings (SSSR count). The van der Waals surface area contributed by atoms with Crippen molar-refractivity contribution in [3.63, 3.8) is 0 Å². The molecule has 36 heavy (non-hydrogen) atoms. The number of fused-ring (bicyclic) bond motifs is 2. The predicted octanol–water partition coefficient (Wildman–Crippen LogP) is 2.89. The maximum Gasteiger partial charge on any atom is 0.341 e. The van der Waals surface area contributed by atoms with E-state index in [9.17, 15) is 18.8 Å². The van der Waals surface area contributed by atoms with E-state index >= 15 is 0 Å². The van der Waals surface area contributed by atoms with E-state index in [0.29, 0.717) is 12.3 Å². The van der Waals surface area contributed by atoms with Gasteiger partial charge in [0.15, 0.2) is 5.49 Å². The summed E-state index contributed by atoms with van der Waals surface area (Å²) in [4.78, 5) is 48.4. The molecule has 1 fully saturated rings. The van der Waals surface area contributed by atoms with Crippen LogP contribution in [0.1, 0.15) is 40.5 Å². The van der Waals surface area contributed by atoms with Crippen molar-refractivity contribution < 1.29 is 23.5 Å². The first kappa shape index (κ1) is 23.6. The van der Waals surface area contributed by atoms with Gasteiger partial charge in [0.25, 0.3) is 11.5 Å². The van der Waals surface area contributed by atoms with Crippen LogP contribution in [-0.4, -0.2) is 45.1 Å². The molecule has 1 amide bonds. The molecule has 3 aromatic heterocycles. The second kappa shape index (κ2) is 9.82. The molecular formula is C26H23FN4O5. The van der Waals surface area contributed by atoms with Crippen molar-refractivity contribution in [3.05, 3.63) is 87.5 Å². The number of rotatable bonds is 5. The Balaban J connectivity index is 1.86. The van der Waals surface area contributed by atoms with Crippen molar-refractivity contribution >= 4 is 28.6 Å². The third-order valence-corrected chi connectivity index (χ3v) is 5.97. The Bertz CT molecular complexity index is 1620. The molecule has 0 radical (unpaired) electrons. The summed E-state index contributed by atoms with van der Waals surface area (Å²) in [6.45, 7) is 2.51. The van der Waals surface area contributed by atoms with Crippen molar-refractivity contribution in [2.45, 2.75) is 32.4 Å². The van der Waals surface area contributed by atoms with Gasteiger partial charge in [-0.05, 0) is 56.2 Å².